The summed E-state index contributed by atoms with van der Waals surface area (Å²) in [5.41, 5.74) is 0. The summed E-state index contributed by atoms with van der Waals surface area (Å²) < 4.78 is 4.53. The van der Waals surface area contributed by atoms with Crippen LogP contribution in [0.15, 0.2) is 0 Å². The number of alkyl halides is 1. The fraction of sp³-hybridized carbons (Fsp3) is 0.889. The number of hydrogen-bond acceptors (Lipinski definition) is 2. The highest BCUT2D eigenvalue weighted by molar-refractivity contribution is 9.09. The molecule has 1 atom stereocenters. The molecule has 0 aromatic rings. The largest absolute Gasteiger partial charge is 0.469 e. The summed E-state index contributed by atoms with van der Waals surface area (Å²) >= 11 is 3.48. The summed E-state index contributed by atoms with van der Waals surface area (Å²) in [6.07, 6.45) is 5.00. The predicted molar refractivity (Wildman–Crippen MR) is 53.5 cm³/mol. The highest BCUT2D eigenvalue weighted by atomic mass is 79.9. The Hall–Kier alpha value is -0.0500. The molecule has 0 aromatic heterocycles. The summed E-state index contributed by atoms with van der Waals surface area (Å²) in [4.78, 5) is 11.3. The molecular formula is C9H17BrO2. The second-order valence-electron chi connectivity index (χ2n) is 2.96. The average molecular weight is 237 g/mol. The number of carbonyl (C=O) groups excluding carboxylic acids is 1. The number of ether oxygens (including phenoxy) is 1. The van der Waals surface area contributed by atoms with Gasteiger partial charge in [0, 0.05) is 11.2 Å². The van der Waals surface area contributed by atoms with Gasteiger partial charge in [-0.15, -0.1) is 0 Å². The third kappa shape index (κ3) is 8.05. The van der Waals surface area contributed by atoms with E-state index in [0.29, 0.717) is 11.2 Å². The number of halogens is 1. The Bertz CT molecular complexity index is 124. The van der Waals surface area contributed by atoms with Crippen molar-refractivity contribution in [1.82, 2.24) is 0 Å². The van der Waals surface area contributed by atoms with E-state index in [0.717, 1.165) is 12.8 Å². The number of methoxy groups -OCH3 is 1. The quantitative estimate of drug-likeness (QED) is 0.403. The van der Waals surface area contributed by atoms with Gasteiger partial charge in [-0.1, -0.05) is 35.7 Å². The highest BCUT2D eigenvalue weighted by Gasteiger charge is 2.00. The third-order valence-electron chi connectivity index (χ3n) is 1.71. The van der Waals surface area contributed by atoms with Gasteiger partial charge in [0.15, 0.2) is 0 Å². The molecule has 72 valence electrons. The summed E-state index contributed by atoms with van der Waals surface area (Å²) in [6, 6.07) is 0. The van der Waals surface area contributed by atoms with Crippen molar-refractivity contribution in [3.63, 3.8) is 0 Å². The van der Waals surface area contributed by atoms with Crippen molar-refractivity contribution in [2.24, 2.45) is 0 Å². The molecule has 0 N–H and O–H groups in total. The first kappa shape index (κ1) is 11.9. The lowest BCUT2D eigenvalue weighted by molar-refractivity contribution is -0.140. The lowest BCUT2D eigenvalue weighted by Gasteiger charge is -2.02. The third-order valence-corrected chi connectivity index (χ3v) is 2.17. The lowest BCUT2D eigenvalue weighted by atomic mass is 10.1. The van der Waals surface area contributed by atoms with Crippen LogP contribution in [0, 0.1) is 0 Å². The number of carbonyl (C=O) groups is 1. The van der Waals surface area contributed by atoms with Crippen LogP contribution in [0.3, 0.4) is 0 Å². The molecule has 12 heavy (non-hydrogen) atoms. The van der Waals surface area contributed by atoms with Gasteiger partial charge in [0.2, 0.25) is 0 Å². The smallest absolute Gasteiger partial charge is 0.305 e. The Morgan fingerprint density at radius 3 is 2.58 bits per heavy atom. The first-order valence-corrected chi connectivity index (χ1v) is 5.29. The Balaban J connectivity index is 3.05. The number of rotatable bonds is 6. The molecule has 0 heterocycles. The first-order chi connectivity index (χ1) is 5.66. The molecule has 0 amide bonds. The van der Waals surface area contributed by atoms with E-state index in [1.807, 2.05) is 0 Å². The van der Waals surface area contributed by atoms with Gasteiger partial charge >= 0.3 is 5.97 Å². The SMILES string of the molecule is COC(=O)CCCCCC(C)Br. The van der Waals surface area contributed by atoms with Crippen molar-refractivity contribution >= 4 is 21.9 Å². The molecule has 0 fully saturated rings. The second-order valence-corrected chi connectivity index (χ2v) is 4.52. The van der Waals surface area contributed by atoms with Crippen LogP contribution >= 0.6 is 15.9 Å². The topological polar surface area (TPSA) is 26.3 Å². The van der Waals surface area contributed by atoms with Crippen LogP contribution in [0.1, 0.15) is 39.0 Å². The molecule has 0 aromatic carbocycles. The fourth-order valence-corrected chi connectivity index (χ4v) is 1.30. The van der Waals surface area contributed by atoms with Crippen molar-refractivity contribution < 1.29 is 9.53 Å². The van der Waals surface area contributed by atoms with E-state index in [2.05, 4.69) is 27.6 Å². The summed E-state index contributed by atoms with van der Waals surface area (Å²) in [7, 11) is 1.43. The Morgan fingerprint density at radius 2 is 2.08 bits per heavy atom. The molecule has 0 saturated heterocycles. The zero-order valence-electron chi connectivity index (χ0n) is 7.81. The van der Waals surface area contributed by atoms with Crippen LogP contribution in [0.4, 0.5) is 0 Å². The van der Waals surface area contributed by atoms with Gasteiger partial charge < -0.3 is 4.74 Å². The van der Waals surface area contributed by atoms with Crippen LogP contribution < -0.4 is 0 Å². The number of unbranched alkanes of at least 4 members (excludes halogenated alkanes) is 2. The van der Waals surface area contributed by atoms with Gasteiger partial charge in [-0.3, -0.25) is 4.79 Å². The van der Waals surface area contributed by atoms with Crippen LogP contribution in [0.2, 0.25) is 0 Å². The van der Waals surface area contributed by atoms with Gasteiger partial charge in [0.1, 0.15) is 0 Å². The van der Waals surface area contributed by atoms with Crippen LogP contribution in [-0.4, -0.2) is 17.9 Å². The summed E-state index contributed by atoms with van der Waals surface area (Å²) in [5.74, 6) is -0.0955. The average Bonchev–Trinajstić information content (AvgIpc) is 2.03. The van der Waals surface area contributed by atoms with Gasteiger partial charge in [-0.25, -0.2) is 0 Å². The number of esters is 1. The van der Waals surface area contributed by atoms with Crippen LogP contribution in [0.5, 0.6) is 0 Å². The van der Waals surface area contributed by atoms with Crippen LogP contribution in [0.25, 0.3) is 0 Å². The van der Waals surface area contributed by atoms with Gasteiger partial charge in [-0.05, 0) is 12.8 Å². The zero-order valence-corrected chi connectivity index (χ0v) is 9.39. The molecule has 2 nitrogen and oxygen atoms in total. The zero-order chi connectivity index (χ0) is 9.40. The molecule has 0 aliphatic carbocycles. The minimum absolute atomic E-state index is 0.0955. The van der Waals surface area contributed by atoms with Crippen molar-refractivity contribution in [3.05, 3.63) is 0 Å². The predicted octanol–water partition coefficient (Wildman–Crippen LogP) is 2.89. The van der Waals surface area contributed by atoms with E-state index >= 15 is 0 Å². The summed E-state index contributed by atoms with van der Waals surface area (Å²) in [5, 5.41) is 0. The minimum Gasteiger partial charge on any atom is -0.469 e. The van der Waals surface area contributed by atoms with E-state index in [1.165, 1.54) is 20.0 Å². The van der Waals surface area contributed by atoms with E-state index < -0.39 is 0 Å². The van der Waals surface area contributed by atoms with Gasteiger partial charge in [0.05, 0.1) is 7.11 Å². The first-order valence-electron chi connectivity index (χ1n) is 4.37. The molecule has 0 aliphatic rings. The van der Waals surface area contributed by atoms with E-state index in [1.54, 1.807) is 0 Å². The molecule has 0 aliphatic heterocycles. The Labute approximate surface area is 82.8 Å². The van der Waals surface area contributed by atoms with Crippen molar-refractivity contribution in [2.75, 3.05) is 7.11 Å². The normalized spacial score (nSPS) is 12.6. The van der Waals surface area contributed by atoms with E-state index in [-0.39, 0.29) is 5.97 Å². The minimum atomic E-state index is -0.0955. The van der Waals surface area contributed by atoms with Crippen LogP contribution in [-0.2, 0) is 9.53 Å². The molecule has 0 rings (SSSR count). The highest BCUT2D eigenvalue weighted by Crippen LogP contribution is 2.10. The molecule has 1 unspecified atom stereocenters. The molecule has 0 radical (unpaired) electrons. The van der Waals surface area contributed by atoms with E-state index in [4.69, 9.17) is 0 Å². The maximum atomic E-state index is 10.7. The molecule has 0 saturated carbocycles. The standard InChI is InChI=1S/C9H17BrO2/c1-8(10)6-4-3-5-7-9(11)12-2/h8H,3-7H2,1-2H3. The number of hydrogen-bond donors (Lipinski definition) is 0. The van der Waals surface area contributed by atoms with E-state index in [9.17, 15) is 4.79 Å². The van der Waals surface area contributed by atoms with Gasteiger partial charge in [-0.2, -0.15) is 0 Å². The maximum absolute atomic E-state index is 10.7. The summed E-state index contributed by atoms with van der Waals surface area (Å²) in [6.45, 7) is 2.14. The monoisotopic (exact) mass is 236 g/mol. The maximum Gasteiger partial charge on any atom is 0.305 e. The fourth-order valence-electron chi connectivity index (χ4n) is 0.974. The molecule has 0 spiro atoms. The Kier molecular flexibility index (Phi) is 7.56. The molecule has 0 bridgehead atoms. The van der Waals surface area contributed by atoms with Crippen molar-refractivity contribution in [3.8, 4) is 0 Å². The molecule has 3 heteroatoms. The Morgan fingerprint density at radius 1 is 1.42 bits per heavy atom. The lowest BCUT2D eigenvalue weighted by Crippen LogP contribution is -1.99. The van der Waals surface area contributed by atoms with Gasteiger partial charge in [0.25, 0.3) is 0 Å². The molecular weight excluding hydrogens is 220 g/mol. The second kappa shape index (κ2) is 7.59. The van der Waals surface area contributed by atoms with Crippen molar-refractivity contribution in [1.29, 1.82) is 0 Å². The van der Waals surface area contributed by atoms with Crippen molar-refractivity contribution in [2.45, 2.75) is 43.9 Å².